The number of rotatable bonds is 9. The molecule has 0 bridgehead atoms. The molecule has 2 N–H and O–H groups in total. The molecular weight excluding hydrogens is 588 g/mol. The van der Waals surface area contributed by atoms with E-state index >= 15 is 0 Å². The Labute approximate surface area is 258 Å². The number of anilines is 1. The fraction of sp³-hybridized carbons (Fsp3) is 0.323. The molecule has 0 radical (unpaired) electrons. The lowest BCUT2D eigenvalue weighted by molar-refractivity contribution is -0.127. The van der Waals surface area contributed by atoms with Gasteiger partial charge in [0, 0.05) is 28.4 Å². The number of methoxy groups -OCH3 is 1. The van der Waals surface area contributed by atoms with Crippen LogP contribution in [0.3, 0.4) is 0 Å². The number of phenolic OH excluding ortho intramolecular Hbond substituents is 1. The van der Waals surface area contributed by atoms with Crippen molar-refractivity contribution in [3.05, 3.63) is 71.2 Å². The molecule has 1 aliphatic carbocycles. The fourth-order valence-corrected chi connectivity index (χ4v) is 5.60. The predicted octanol–water partition coefficient (Wildman–Crippen LogP) is 4.31. The summed E-state index contributed by atoms with van der Waals surface area (Å²) in [5.41, 5.74) is 1.52. The molecule has 0 unspecified atom stereocenters. The molecule has 6 rings (SSSR count). The van der Waals surface area contributed by atoms with Crippen LogP contribution in [0.15, 0.2) is 60.7 Å². The van der Waals surface area contributed by atoms with Crippen molar-refractivity contribution in [3.8, 4) is 34.4 Å². The Kier molecular flexibility index (Phi) is 8.51. The maximum atomic E-state index is 14.3. The molecule has 228 valence electrons. The van der Waals surface area contributed by atoms with Gasteiger partial charge in [-0.05, 0) is 72.1 Å². The Hall–Kier alpha value is -4.84. The Morgan fingerprint density at radius 3 is 2.57 bits per heavy atom. The smallest absolute Gasteiger partial charge is 0.251 e. The zero-order valence-electron chi connectivity index (χ0n) is 24.0. The Bertz CT molecular complexity index is 1660. The van der Waals surface area contributed by atoms with E-state index in [0.29, 0.717) is 52.4 Å². The summed E-state index contributed by atoms with van der Waals surface area (Å²) in [5.74, 6) is 0.525. The maximum absolute atomic E-state index is 14.3. The summed E-state index contributed by atoms with van der Waals surface area (Å²) in [6, 6.07) is 15.5. The van der Waals surface area contributed by atoms with Crippen LogP contribution in [0, 0.1) is 0 Å². The van der Waals surface area contributed by atoms with E-state index in [1.807, 2.05) is 0 Å². The number of phenols is 1. The number of amides is 2. The first-order valence-corrected chi connectivity index (χ1v) is 14.7. The number of carbonyl (C=O) groups is 2. The highest BCUT2D eigenvalue weighted by atomic mass is 35.5. The van der Waals surface area contributed by atoms with Crippen molar-refractivity contribution in [3.63, 3.8) is 0 Å². The molecule has 2 aliphatic rings. The van der Waals surface area contributed by atoms with E-state index in [1.165, 1.54) is 22.9 Å². The van der Waals surface area contributed by atoms with E-state index in [1.54, 1.807) is 54.6 Å². The van der Waals surface area contributed by atoms with Crippen molar-refractivity contribution in [2.75, 3.05) is 25.2 Å². The summed E-state index contributed by atoms with van der Waals surface area (Å²) in [7, 11) is 1.42. The van der Waals surface area contributed by atoms with Crippen molar-refractivity contribution in [2.24, 2.45) is 0 Å². The standard InChI is InChI=1S/C31H31ClN6O6/c1-42-26-16-20(8-12-24(26)39)29(31(41)33-22-4-2-3-5-22)38(23-11-13-25-27(17-23)44-15-14-43-25)28(40)18-37-35-30(34-36-37)19-6-9-21(32)10-7-19/h6-13,16-17,22,29,39H,2-5,14-15,18H2,1H3,(H,33,41)/t29-/m0/s1. The molecule has 2 heterocycles. The number of hydrogen-bond donors (Lipinski definition) is 2. The molecule has 1 fully saturated rings. The second kappa shape index (κ2) is 12.8. The first-order valence-electron chi connectivity index (χ1n) is 14.3. The van der Waals surface area contributed by atoms with Crippen LogP contribution in [0.2, 0.25) is 5.02 Å². The minimum absolute atomic E-state index is 0.0138. The molecule has 1 atom stereocenters. The first kappa shape index (κ1) is 29.2. The van der Waals surface area contributed by atoms with E-state index in [4.69, 9.17) is 25.8 Å². The number of carbonyl (C=O) groups excluding carboxylic acids is 2. The van der Waals surface area contributed by atoms with E-state index in [9.17, 15) is 14.7 Å². The molecule has 0 saturated heterocycles. The van der Waals surface area contributed by atoms with Gasteiger partial charge >= 0.3 is 0 Å². The normalized spacial score (nSPS) is 15.0. The van der Waals surface area contributed by atoms with Crippen molar-refractivity contribution in [2.45, 2.75) is 44.3 Å². The predicted molar refractivity (Wildman–Crippen MR) is 161 cm³/mol. The minimum Gasteiger partial charge on any atom is -0.504 e. The van der Waals surface area contributed by atoms with Crippen molar-refractivity contribution in [1.29, 1.82) is 0 Å². The molecule has 4 aromatic rings. The minimum atomic E-state index is -1.14. The largest absolute Gasteiger partial charge is 0.504 e. The van der Waals surface area contributed by atoms with Gasteiger partial charge in [-0.25, -0.2) is 0 Å². The molecule has 1 saturated carbocycles. The van der Waals surface area contributed by atoms with Crippen LogP contribution < -0.4 is 24.4 Å². The van der Waals surface area contributed by atoms with Gasteiger partial charge in [-0.2, -0.15) is 4.80 Å². The van der Waals surface area contributed by atoms with Crippen molar-refractivity contribution >= 4 is 29.1 Å². The lowest BCUT2D eigenvalue weighted by Crippen LogP contribution is -2.47. The number of benzene rings is 3. The summed E-state index contributed by atoms with van der Waals surface area (Å²) >= 11 is 6.01. The fourth-order valence-electron chi connectivity index (χ4n) is 5.47. The zero-order valence-corrected chi connectivity index (χ0v) is 24.7. The highest BCUT2D eigenvalue weighted by Crippen LogP contribution is 2.39. The molecule has 13 heteroatoms. The van der Waals surface area contributed by atoms with Crippen LogP contribution in [0.1, 0.15) is 37.3 Å². The number of ether oxygens (including phenoxy) is 3. The summed E-state index contributed by atoms with van der Waals surface area (Å²) < 4.78 is 16.9. The second-order valence-electron chi connectivity index (χ2n) is 10.6. The van der Waals surface area contributed by atoms with Crippen LogP contribution in [-0.2, 0) is 16.1 Å². The number of hydrogen-bond acceptors (Lipinski definition) is 9. The van der Waals surface area contributed by atoms with Gasteiger partial charge in [-0.3, -0.25) is 14.5 Å². The Balaban J connectivity index is 1.40. The number of nitrogens with one attached hydrogen (secondary N) is 1. The summed E-state index contributed by atoms with van der Waals surface area (Å²) in [6.07, 6.45) is 3.74. The van der Waals surface area contributed by atoms with Crippen LogP contribution in [-0.4, -0.2) is 63.5 Å². The number of tetrazole rings is 1. The number of halogens is 1. The van der Waals surface area contributed by atoms with Gasteiger partial charge in [0.1, 0.15) is 25.8 Å². The van der Waals surface area contributed by atoms with Gasteiger partial charge in [0.05, 0.1) is 7.11 Å². The quantitative estimate of drug-likeness (QED) is 0.281. The molecule has 1 aliphatic heterocycles. The molecule has 2 amide bonds. The topological polar surface area (TPSA) is 141 Å². The van der Waals surface area contributed by atoms with Gasteiger partial charge in [-0.1, -0.05) is 30.5 Å². The number of aromatic hydroxyl groups is 1. The Morgan fingerprint density at radius 1 is 1.07 bits per heavy atom. The van der Waals surface area contributed by atoms with Crippen molar-refractivity contribution in [1.82, 2.24) is 25.5 Å². The van der Waals surface area contributed by atoms with E-state index < -0.39 is 11.9 Å². The van der Waals surface area contributed by atoms with Crippen molar-refractivity contribution < 1.29 is 28.9 Å². The summed E-state index contributed by atoms with van der Waals surface area (Å²) in [6.45, 7) is 0.432. The van der Waals surface area contributed by atoms with Gasteiger partial charge < -0.3 is 24.6 Å². The average Bonchev–Trinajstić information content (AvgIpc) is 3.73. The van der Waals surface area contributed by atoms with Gasteiger partial charge in [0.2, 0.25) is 11.7 Å². The van der Waals surface area contributed by atoms with E-state index in [0.717, 1.165) is 25.7 Å². The zero-order chi connectivity index (χ0) is 30.6. The maximum Gasteiger partial charge on any atom is 0.251 e. The average molecular weight is 619 g/mol. The number of fused-ring (bicyclic) bond motifs is 1. The van der Waals surface area contributed by atoms with E-state index in [-0.39, 0.29) is 30.0 Å². The highest BCUT2D eigenvalue weighted by molar-refractivity contribution is 6.30. The monoisotopic (exact) mass is 618 g/mol. The number of aromatic nitrogens is 4. The number of nitrogens with zero attached hydrogens (tertiary/aromatic N) is 5. The van der Waals surface area contributed by atoms with Crippen LogP contribution >= 0.6 is 11.6 Å². The third-order valence-electron chi connectivity index (χ3n) is 7.63. The molecule has 1 aromatic heterocycles. The van der Waals surface area contributed by atoms with Gasteiger partial charge in [0.25, 0.3) is 5.91 Å². The third kappa shape index (κ3) is 6.25. The molecular formula is C31H31ClN6O6. The molecule has 3 aromatic carbocycles. The lowest BCUT2D eigenvalue weighted by Gasteiger charge is -2.33. The van der Waals surface area contributed by atoms with Gasteiger partial charge in [-0.15, -0.1) is 10.2 Å². The summed E-state index contributed by atoms with van der Waals surface area (Å²) in [5, 5.41) is 26.6. The van der Waals surface area contributed by atoms with Crippen LogP contribution in [0.25, 0.3) is 11.4 Å². The Morgan fingerprint density at radius 2 is 1.82 bits per heavy atom. The van der Waals surface area contributed by atoms with Crippen LogP contribution in [0.4, 0.5) is 5.69 Å². The first-order chi connectivity index (χ1) is 21.4. The second-order valence-corrected chi connectivity index (χ2v) is 11.0. The van der Waals surface area contributed by atoms with Crippen LogP contribution in [0.5, 0.6) is 23.0 Å². The molecule has 44 heavy (non-hydrogen) atoms. The van der Waals surface area contributed by atoms with E-state index in [2.05, 4.69) is 20.7 Å². The SMILES string of the molecule is COc1cc([C@@H](C(=O)NC2CCCC2)N(C(=O)Cn2nnc(-c3ccc(Cl)cc3)n2)c2ccc3c(c2)OCCO3)ccc1O. The highest BCUT2D eigenvalue weighted by Gasteiger charge is 2.36. The molecule has 0 spiro atoms. The third-order valence-corrected chi connectivity index (χ3v) is 7.88. The lowest BCUT2D eigenvalue weighted by atomic mass is 10.0. The van der Waals surface area contributed by atoms with Gasteiger partial charge in [0.15, 0.2) is 23.0 Å². The molecule has 12 nitrogen and oxygen atoms in total. The summed E-state index contributed by atoms with van der Waals surface area (Å²) in [4.78, 5) is 31.0.